The van der Waals surface area contributed by atoms with Crippen LogP contribution in [0.2, 0.25) is 0 Å². The van der Waals surface area contributed by atoms with Crippen LogP contribution in [-0.2, 0) is 4.79 Å². The van der Waals surface area contributed by atoms with Gasteiger partial charge >= 0.3 is 5.97 Å². The standard InChI is InChI=1S/C27H27NO2/c1-21-12-15-24(16-13-21)26(20-28-18-6-10-22-7-3-2-4-8-22)25-11-5-9-23(19-25)14-17-27(29)30/h2-17,19,26,28H,18,20H2,1H3,(H,29,30). The summed E-state index contributed by atoms with van der Waals surface area (Å²) < 4.78 is 0. The van der Waals surface area contributed by atoms with Crippen molar-refractivity contribution in [3.8, 4) is 0 Å². The highest BCUT2D eigenvalue weighted by Gasteiger charge is 2.14. The maximum Gasteiger partial charge on any atom is 0.328 e. The largest absolute Gasteiger partial charge is 0.478 e. The molecule has 0 aliphatic heterocycles. The molecule has 1 unspecified atom stereocenters. The fourth-order valence-electron chi connectivity index (χ4n) is 3.34. The molecule has 2 N–H and O–H groups in total. The van der Waals surface area contributed by atoms with Gasteiger partial charge in [0.2, 0.25) is 0 Å². The minimum Gasteiger partial charge on any atom is -0.478 e. The first-order valence-electron chi connectivity index (χ1n) is 10.1. The molecule has 0 aliphatic carbocycles. The molecule has 1 atom stereocenters. The summed E-state index contributed by atoms with van der Waals surface area (Å²) >= 11 is 0. The van der Waals surface area contributed by atoms with E-state index in [1.165, 1.54) is 22.8 Å². The average molecular weight is 398 g/mol. The molecule has 30 heavy (non-hydrogen) atoms. The maximum atomic E-state index is 10.8. The van der Waals surface area contributed by atoms with Crippen LogP contribution in [0.1, 0.15) is 33.7 Å². The van der Waals surface area contributed by atoms with Gasteiger partial charge in [-0.25, -0.2) is 4.79 Å². The Balaban J connectivity index is 1.74. The zero-order chi connectivity index (χ0) is 21.2. The third-order valence-electron chi connectivity index (χ3n) is 4.93. The van der Waals surface area contributed by atoms with Crippen molar-refractivity contribution in [2.75, 3.05) is 13.1 Å². The summed E-state index contributed by atoms with van der Waals surface area (Å²) in [5, 5.41) is 12.4. The number of nitrogens with one attached hydrogen (secondary N) is 1. The Morgan fingerprint density at radius 1 is 0.900 bits per heavy atom. The fraction of sp³-hybridized carbons (Fsp3) is 0.148. The number of benzene rings is 3. The van der Waals surface area contributed by atoms with Crippen LogP contribution in [0.15, 0.2) is 91.0 Å². The summed E-state index contributed by atoms with van der Waals surface area (Å²) in [7, 11) is 0. The molecule has 0 spiro atoms. The highest BCUT2D eigenvalue weighted by Crippen LogP contribution is 2.25. The van der Waals surface area contributed by atoms with Crippen molar-refractivity contribution < 1.29 is 9.90 Å². The molecule has 152 valence electrons. The number of carboxylic acids is 1. The number of carboxylic acid groups (broad SMARTS) is 1. The first kappa shape index (κ1) is 21.3. The Morgan fingerprint density at radius 3 is 2.37 bits per heavy atom. The van der Waals surface area contributed by atoms with Crippen molar-refractivity contribution in [2.24, 2.45) is 0 Å². The first-order chi connectivity index (χ1) is 14.6. The molecule has 0 aromatic heterocycles. The SMILES string of the molecule is Cc1ccc(C(CNCC=Cc2ccccc2)c2cccc(C=CC(=O)O)c2)cc1. The van der Waals surface area contributed by atoms with Gasteiger partial charge in [-0.2, -0.15) is 0 Å². The lowest BCUT2D eigenvalue weighted by Crippen LogP contribution is -2.22. The molecule has 0 radical (unpaired) electrons. The van der Waals surface area contributed by atoms with Crippen LogP contribution in [0.4, 0.5) is 0 Å². The molecule has 3 aromatic carbocycles. The van der Waals surface area contributed by atoms with E-state index >= 15 is 0 Å². The summed E-state index contributed by atoms with van der Waals surface area (Å²) in [4.78, 5) is 10.8. The van der Waals surface area contributed by atoms with Crippen LogP contribution in [0, 0.1) is 6.92 Å². The second-order valence-electron chi connectivity index (χ2n) is 7.28. The van der Waals surface area contributed by atoms with Gasteiger partial charge < -0.3 is 10.4 Å². The fourth-order valence-corrected chi connectivity index (χ4v) is 3.34. The molecule has 0 bridgehead atoms. The lowest BCUT2D eigenvalue weighted by Gasteiger charge is -2.19. The Kier molecular flexibility index (Phi) is 7.76. The van der Waals surface area contributed by atoms with Crippen LogP contribution in [0.5, 0.6) is 0 Å². The van der Waals surface area contributed by atoms with E-state index in [1.807, 2.05) is 30.3 Å². The van der Waals surface area contributed by atoms with Crippen LogP contribution >= 0.6 is 0 Å². The monoisotopic (exact) mass is 397 g/mol. The van der Waals surface area contributed by atoms with Gasteiger partial charge in [0.1, 0.15) is 0 Å². The summed E-state index contributed by atoms with van der Waals surface area (Å²) in [6, 6.07) is 26.9. The van der Waals surface area contributed by atoms with Crippen molar-refractivity contribution in [1.82, 2.24) is 5.32 Å². The topological polar surface area (TPSA) is 49.3 Å². The zero-order valence-electron chi connectivity index (χ0n) is 17.2. The number of hydrogen-bond acceptors (Lipinski definition) is 2. The molecular formula is C27H27NO2. The second-order valence-corrected chi connectivity index (χ2v) is 7.28. The second kappa shape index (κ2) is 10.9. The van der Waals surface area contributed by atoms with Crippen LogP contribution in [0.25, 0.3) is 12.2 Å². The summed E-state index contributed by atoms with van der Waals surface area (Å²) in [6.07, 6.45) is 7.06. The quantitative estimate of drug-likeness (QED) is 0.369. The third kappa shape index (κ3) is 6.57. The first-order valence-corrected chi connectivity index (χ1v) is 10.1. The zero-order valence-corrected chi connectivity index (χ0v) is 17.2. The maximum absolute atomic E-state index is 10.8. The predicted octanol–water partition coefficient (Wildman–Crippen LogP) is 5.53. The molecule has 3 nitrogen and oxygen atoms in total. The summed E-state index contributed by atoms with van der Waals surface area (Å²) in [5.74, 6) is -0.767. The van der Waals surface area contributed by atoms with E-state index in [9.17, 15) is 4.79 Å². The van der Waals surface area contributed by atoms with Crippen molar-refractivity contribution in [2.45, 2.75) is 12.8 Å². The van der Waals surface area contributed by atoms with E-state index in [1.54, 1.807) is 6.08 Å². The average Bonchev–Trinajstić information content (AvgIpc) is 2.76. The predicted molar refractivity (Wildman–Crippen MR) is 124 cm³/mol. The van der Waals surface area contributed by atoms with Gasteiger partial charge in [0.15, 0.2) is 0 Å². The number of carbonyl (C=O) groups is 1. The summed E-state index contributed by atoms with van der Waals surface area (Å²) in [5.41, 5.74) is 5.70. The number of rotatable bonds is 9. The molecule has 0 heterocycles. The Labute approximate surface area is 178 Å². The molecule has 0 saturated carbocycles. The molecule has 0 saturated heterocycles. The van der Waals surface area contributed by atoms with E-state index in [-0.39, 0.29) is 5.92 Å². The van der Waals surface area contributed by atoms with Gasteiger partial charge in [0.05, 0.1) is 0 Å². The minimum atomic E-state index is -0.942. The molecule has 3 heteroatoms. The van der Waals surface area contributed by atoms with Gasteiger partial charge in [-0.3, -0.25) is 0 Å². The van der Waals surface area contributed by atoms with E-state index < -0.39 is 5.97 Å². The third-order valence-corrected chi connectivity index (χ3v) is 4.93. The highest BCUT2D eigenvalue weighted by atomic mass is 16.4. The van der Waals surface area contributed by atoms with E-state index in [2.05, 4.69) is 72.9 Å². The van der Waals surface area contributed by atoms with E-state index in [4.69, 9.17) is 5.11 Å². The molecule has 3 aromatic rings. The van der Waals surface area contributed by atoms with Gasteiger partial charge in [-0.1, -0.05) is 96.6 Å². The van der Waals surface area contributed by atoms with Crippen molar-refractivity contribution in [3.05, 3.63) is 119 Å². The molecule has 0 amide bonds. The number of aryl methyl sites for hydroxylation is 1. The Bertz CT molecular complexity index is 1000. The number of aliphatic carboxylic acids is 1. The van der Waals surface area contributed by atoms with Crippen LogP contribution in [0.3, 0.4) is 0 Å². The van der Waals surface area contributed by atoms with Crippen LogP contribution in [-0.4, -0.2) is 24.2 Å². The highest BCUT2D eigenvalue weighted by molar-refractivity contribution is 5.85. The van der Waals surface area contributed by atoms with Gasteiger partial charge in [-0.05, 0) is 35.3 Å². The van der Waals surface area contributed by atoms with Crippen molar-refractivity contribution in [1.29, 1.82) is 0 Å². The van der Waals surface area contributed by atoms with Gasteiger partial charge in [0, 0.05) is 25.1 Å². The number of hydrogen-bond donors (Lipinski definition) is 2. The summed E-state index contributed by atoms with van der Waals surface area (Å²) in [6.45, 7) is 3.65. The normalized spacial score (nSPS) is 12.4. The Hall–Kier alpha value is -3.43. The molecule has 0 aliphatic rings. The Morgan fingerprint density at radius 2 is 1.63 bits per heavy atom. The van der Waals surface area contributed by atoms with E-state index in [0.29, 0.717) is 0 Å². The lowest BCUT2D eigenvalue weighted by molar-refractivity contribution is -0.131. The van der Waals surface area contributed by atoms with Crippen molar-refractivity contribution in [3.63, 3.8) is 0 Å². The molecule has 3 rings (SSSR count). The smallest absolute Gasteiger partial charge is 0.328 e. The lowest BCUT2D eigenvalue weighted by atomic mass is 9.89. The van der Waals surface area contributed by atoms with Gasteiger partial charge in [-0.15, -0.1) is 0 Å². The van der Waals surface area contributed by atoms with E-state index in [0.717, 1.165) is 24.2 Å². The molecular weight excluding hydrogens is 370 g/mol. The van der Waals surface area contributed by atoms with Crippen LogP contribution < -0.4 is 5.32 Å². The van der Waals surface area contributed by atoms with Crippen molar-refractivity contribution >= 4 is 18.1 Å². The minimum absolute atomic E-state index is 0.175. The van der Waals surface area contributed by atoms with Gasteiger partial charge in [0.25, 0.3) is 0 Å². The molecule has 0 fully saturated rings.